The molecule has 4 aromatic rings. The van der Waals surface area contributed by atoms with Crippen molar-refractivity contribution >= 4 is 56.1 Å². The molecule has 0 radical (unpaired) electrons. The number of rotatable bonds is 7. The highest BCUT2D eigenvalue weighted by Crippen LogP contribution is 2.38. The van der Waals surface area contributed by atoms with Crippen molar-refractivity contribution in [1.82, 2.24) is 4.98 Å². The van der Waals surface area contributed by atoms with E-state index in [0.717, 1.165) is 4.47 Å². The molecule has 9 heteroatoms. The Bertz CT molecular complexity index is 1760. The number of hydrogen-bond acceptors (Lipinski definition) is 7. The van der Waals surface area contributed by atoms with Crippen molar-refractivity contribution in [2.45, 2.75) is 12.8 Å². The van der Waals surface area contributed by atoms with Gasteiger partial charge in [0, 0.05) is 21.0 Å². The third kappa shape index (κ3) is 5.12. The third-order valence-electron chi connectivity index (χ3n) is 7.65. The molecule has 0 bridgehead atoms. The summed E-state index contributed by atoms with van der Waals surface area (Å²) < 4.78 is 11.4. The number of methoxy groups -OCH3 is 1. The summed E-state index contributed by atoms with van der Waals surface area (Å²) in [5.41, 5.74) is 2.87. The summed E-state index contributed by atoms with van der Waals surface area (Å²) in [6, 6.07) is 20.6. The van der Waals surface area contributed by atoms with E-state index < -0.39 is 12.6 Å². The molecule has 1 saturated heterocycles. The summed E-state index contributed by atoms with van der Waals surface area (Å²) in [6.07, 6.45) is 5.07. The fourth-order valence-electron chi connectivity index (χ4n) is 5.44. The number of aromatic nitrogens is 1. The number of nitrogens with zero attached hydrogens (tertiary/aromatic N) is 2. The van der Waals surface area contributed by atoms with Crippen molar-refractivity contribution in [2.75, 3.05) is 18.6 Å². The number of amides is 2. The van der Waals surface area contributed by atoms with Gasteiger partial charge in [-0.25, -0.2) is 9.78 Å². The normalized spacial score (nSPS) is 17.8. The minimum absolute atomic E-state index is 0.176. The van der Waals surface area contributed by atoms with Crippen LogP contribution in [-0.4, -0.2) is 42.3 Å². The van der Waals surface area contributed by atoms with E-state index in [1.807, 2.05) is 18.2 Å². The van der Waals surface area contributed by atoms with Gasteiger partial charge in [-0.2, -0.15) is 0 Å². The molecule has 210 valence electrons. The summed E-state index contributed by atoms with van der Waals surface area (Å²) in [4.78, 5) is 58.1. The first-order chi connectivity index (χ1) is 20.3. The summed E-state index contributed by atoms with van der Waals surface area (Å²) in [5.74, 6) is -1.48. The van der Waals surface area contributed by atoms with E-state index in [4.69, 9.17) is 14.5 Å². The first-order valence-corrected chi connectivity index (χ1v) is 14.2. The minimum Gasteiger partial charge on any atom is -0.497 e. The lowest BCUT2D eigenvalue weighted by Gasteiger charge is -2.15. The van der Waals surface area contributed by atoms with Gasteiger partial charge in [-0.05, 0) is 61.4 Å². The van der Waals surface area contributed by atoms with Crippen LogP contribution < -0.4 is 9.64 Å². The fourth-order valence-corrected chi connectivity index (χ4v) is 5.80. The molecule has 2 aliphatic rings. The number of anilines is 1. The molecular formula is C33H25BrN2O6. The number of ether oxygens (including phenoxy) is 2. The Morgan fingerprint density at radius 1 is 0.929 bits per heavy atom. The number of fused-ring (bicyclic) bond motifs is 2. The van der Waals surface area contributed by atoms with Crippen molar-refractivity contribution in [2.24, 2.45) is 11.8 Å². The van der Waals surface area contributed by atoms with Gasteiger partial charge in [0.05, 0.1) is 41.4 Å². The molecule has 3 aromatic carbocycles. The molecule has 1 aliphatic carbocycles. The van der Waals surface area contributed by atoms with E-state index in [9.17, 15) is 19.2 Å². The molecule has 42 heavy (non-hydrogen) atoms. The van der Waals surface area contributed by atoms with Crippen LogP contribution in [0.2, 0.25) is 0 Å². The zero-order valence-corrected chi connectivity index (χ0v) is 24.2. The average molecular weight is 625 g/mol. The van der Waals surface area contributed by atoms with Crippen molar-refractivity contribution in [3.8, 4) is 17.0 Å². The van der Waals surface area contributed by atoms with Gasteiger partial charge in [0.15, 0.2) is 12.4 Å². The number of benzene rings is 3. The maximum atomic E-state index is 13.3. The van der Waals surface area contributed by atoms with Crippen LogP contribution in [0.25, 0.3) is 22.2 Å². The van der Waals surface area contributed by atoms with E-state index in [1.165, 1.54) is 12.0 Å². The highest BCUT2D eigenvalue weighted by Gasteiger charge is 2.47. The van der Waals surface area contributed by atoms with Crippen LogP contribution in [-0.2, 0) is 14.3 Å². The number of imide groups is 1. The molecule has 0 N–H and O–H groups in total. The molecule has 0 spiro atoms. The van der Waals surface area contributed by atoms with E-state index in [0.29, 0.717) is 52.0 Å². The number of ketones is 1. The van der Waals surface area contributed by atoms with Gasteiger partial charge >= 0.3 is 5.97 Å². The van der Waals surface area contributed by atoms with Gasteiger partial charge in [-0.15, -0.1) is 0 Å². The Hall–Kier alpha value is -4.63. The van der Waals surface area contributed by atoms with E-state index in [-0.39, 0.29) is 35.0 Å². The SMILES string of the molecule is COc1cccc(C(=O)COC(=O)c2cc(-c3ccc(N4C(=O)[C@@H]5CC=CC[C@H]5C4=O)cc3)nc3ccc(Br)cc23)c1. The van der Waals surface area contributed by atoms with Gasteiger partial charge in [0.25, 0.3) is 0 Å². The highest BCUT2D eigenvalue weighted by atomic mass is 79.9. The molecule has 1 fully saturated rings. The first kappa shape index (κ1) is 27.5. The van der Waals surface area contributed by atoms with Crippen molar-refractivity contribution in [1.29, 1.82) is 0 Å². The van der Waals surface area contributed by atoms with Crippen LogP contribution in [0.3, 0.4) is 0 Å². The standard InChI is InChI=1S/C33H25BrN2O6/c1-41-23-6-4-5-20(15-23)30(37)18-42-33(40)27-17-29(35-28-14-11-21(34)16-26(27)28)19-9-12-22(13-10-19)36-31(38)24-7-2-3-8-25(24)32(36)39/h2-6,9-17,24-25H,7-8,18H2,1H3/t24-,25-/m1/s1. The number of esters is 1. The van der Waals surface area contributed by atoms with Gasteiger partial charge in [0.2, 0.25) is 11.8 Å². The van der Waals surface area contributed by atoms with Gasteiger partial charge in [0.1, 0.15) is 5.75 Å². The van der Waals surface area contributed by atoms with Crippen LogP contribution in [0.15, 0.2) is 89.4 Å². The smallest absolute Gasteiger partial charge is 0.339 e. The number of pyridine rings is 1. The monoisotopic (exact) mass is 624 g/mol. The van der Waals surface area contributed by atoms with Crippen molar-refractivity contribution in [3.05, 3.63) is 101 Å². The van der Waals surface area contributed by atoms with Crippen LogP contribution in [0.5, 0.6) is 5.75 Å². The van der Waals surface area contributed by atoms with Crippen LogP contribution in [0.1, 0.15) is 33.6 Å². The second-order valence-electron chi connectivity index (χ2n) is 10.2. The molecule has 1 aliphatic heterocycles. The maximum absolute atomic E-state index is 13.3. The number of allylic oxidation sites excluding steroid dienone is 2. The number of Topliss-reactive ketones (excluding diaryl/α,β-unsaturated/α-hetero) is 1. The van der Waals surface area contributed by atoms with Gasteiger partial charge in [-0.3, -0.25) is 19.3 Å². The summed E-state index contributed by atoms with van der Waals surface area (Å²) >= 11 is 3.45. The van der Waals surface area contributed by atoms with Crippen molar-refractivity contribution in [3.63, 3.8) is 0 Å². The predicted molar refractivity (Wildman–Crippen MR) is 160 cm³/mol. The molecule has 6 rings (SSSR count). The van der Waals surface area contributed by atoms with E-state index in [1.54, 1.807) is 66.7 Å². The topological polar surface area (TPSA) is 103 Å². The van der Waals surface area contributed by atoms with Crippen LogP contribution in [0, 0.1) is 11.8 Å². The minimum atomic E-state index is -0.668. The molecule has 2 heterocycles. The molecule has 2 amide bonds. The third-order valence-corrected chi connectivity index (χ3v) is 8.14. The van der Waals surface area contributed by atoms with Gasteiger partial charge in [-0.1, -0.05) is 52.3 Å². The fraction of sp³-hybridized carbons (Fsp3) is 0.182. The zero-order valence-electron chi connectivity index (χ0n) is 22.6. The quantitative estimate of drug-likeness (QED) is 0.105. The average Bonchev–Trinajstić information content (AvgIpc) is 3.28. The Morgan fingerprint density at radius 3 is 2.33 bits per heavy atom. The Kier molecular flexibility index (Phi) is 7.43. The lowest BCUT2D eigenvalue weighted by Crippen LogP contribution is -2.30. The number of carbonyl (C=O) groups is 4. The number of carbonyl (C=O) groups excluding carboxylic acids is 4. The molecule has 0 unspecified atom stereocenters. The second-order valence-corrected chi connectivity index (χ2v) is 11.1. The molecule has 1 aromatic heterocycles. The first-order valence-electron chi connectivity index (χ1n) is 13.4. The van der Waals surface area contributed by atoms with Crippen LogP contribution in [0.4, 0.5) is 5.69 Å². The zero-order chi connectivity index (χ0) is 29.4. The number of halogens is 1. The van der Waals surface area contributed by atoms with E-state index in [2.05, 4.69) is 15.9 Å². The lowest BCUT2D eigenvalue weighted by molar-refractivity contribution is -0.122. The molecule has 0 saturated carbocycles. The highest BCUT2D eigenvalue weighted by molar-refractivity contribution is 9.10. The Morgan fingerprint density at radius 2 is 1.64 bits per heavy atom. The molecule has 8 nitrogen and oxygen atoms in total. The second kappa shape index (κ2) is 11.3. The molecular weight excluding hydrogens is 600 g/mol. The summed E-state index contributed by atoms with van der Waals surface area (Å²) in [7, 11) is 1.51. The van der Waals surface area contributed by atoms with Crippen molar-refractivity contribution < 1.29 is 28.7 Å². The number of hydrogen-bond donors (Lipinski definition) is 0. The Labute approximate surface area is 250 Å². The summed E-state index contributed by atoms with van der Waals surface area (Å²) in [6.45, 7) is -0.441. The maximum Gasteiger partial charge on any atom is 0.339 e. The van der Waals surface area contributed by atoms with Gasteiger partial charge < -0.3 is 9.47 Å². The largest absolute Gasteiger partial charge is 0.497 e. The predicted octanol–water partition coefficient (Wildman–Crippen LogP) is 6.17. The van der Waals surface area contributed by atoms with E-state index >= 15 is 0 Å². The lowest BCUT2D eigenvalue weighted by atomic mass is 9.85. The summed E-state index contributed by atoms with van der Waals surface area (Å²) in [5, 5.41) is 0.563. The Balaban J connectivity index is 1.27. The molecule has 2 atom stereocenters. The van der Waals surface area contributed by atoms with Crippen LogP contribution >= 0.6 is 15.9 Å².